The number of alkyl halides is 3. The van der Waals surface area contributed by atoms with Crippen molar-refractivity contribution in [3.8, 4) is 0 Å². The summed E-state index contributed by atoms with van der Waals surface area (Å²) >= 11 is 0. The van der Waals surface area contributed by atoms with E-state index in [2.05, 4.69) is 6.92 Å². The van der Waals surface area contributed by atoms with E-state index in [1.165, 1.54) is 61.4 Å². The van der Waals surface area contributed by atoms with Crippen molar-refractivity contribution >= 4 is 16.9 Å². The Labute approximate surface area is 169 Å². The van der Waals surface area contributed by atoms with Crippen LogP contribution in [0.25, 0.3) is 10.9 Å². The Kier molecular flexibility index (Phi) is 9.01. The number of carbonyl (C=O) groups is 1. The zero-order valence-electron chi connectivity index (χ0n) is 16.9. The highest BCUT2D eigenvalue weighted by atomic mass is 19.4. The number of aromatic carboxylic acids is 1. The largest absolute Gasteiger partial charge is 0.478 e. The number of unbranched alkanes of at least 4 members (excludes halogenated alkanes) is 7. The first kappa shape index (κ1) is 23.3. The first-order chi connectivity index (χ1) is 13.9. The van der Waals surface area contributed by atoms with Crippen LogP contribution in [0.2, 0.25) is 0 Å². The van der Waals surface area contributed by atoms with Gasteiger partial charge >= 0.3 is 12.1 Å². The number of hydrogen-bond donors (Lipinski definition) is 1. The summed E-state index contributed by atoms with van der Waals surface area (Å²) in [5, 5.41) is 9.07. The van der Waals surface area contributed by atoms with Crippen LogP contribution in [-0.2, 0) is 17.5 Å². The van der Waals surface area contributed by atoms with Crippen molar-refractivity contribution in [2.75, 3.05) is 13.2 Å². The molecule has 1 aromatic heterocycles. The average Bonchev–Trinajstić information content (AvgIpc) is 3.04. The minimum atomic E-state index is -4.61. The second kappa shape index (κ2) is 11.2. The lowest BCUT2D eigenvalue weighted by molar-refractivity contribution is -0.136. The third-order valence-electron chi connectivity index (χ3n) is 5.06. The number of nitrogens with zero attached hydrogens (tertiary/aromatic N) is 1. The van der Waals surface area contributed by atoms with Crippen molar-refractivity contribution in [3.05, 3.63) is 35.5 Å². The predicted octanol–water partition coefficient (Wildman–Crippen LogP) is 6.52. The molecule has 0 aliphatic rings. The van der Waals surface area contributed by atoms with Gasteiger partial charge in [0, 0.05) is 30.3 Å². The van der Waals surface area contributed by atoms with Crippen LogP contribution in [0, 0.1) is 0 Å². The topological polar surface area (TPSA) is 51.5 Å². The van der Waals surface area contributed by atoms with Crippen molar-refractivity contribution in [2.45, 2.75) is 71.0 Å². The van der Waals surface area contributed by atoms with Gasteiger partial charge < -0.3 is 14.4 Å². The van der Waals surface area contributed by atoms with Gasteiger partial charge in [0.1, 0.15) is 0 Å². The fourth-order valence-corrected chi connectivity index (χ4v) is 3.54. The standard InChI is InChI=1S/C22H30F3NO3/c1-2-3-4-5-6-7-8-9-14-29-15-13-26-16-17(21(27)28)20-18(22(23,24)25)11-10-12-19(20)26/h10-12,16H,2-9,13-15H2,1H3,(H,27,28). The minimum Gasteiger partial charge on any atom is -0.478 e. The molecule has 2 rings (SSSR count). The monoisotopic (exact) mass is 413 g/mol. The zero-order valence-corrected chi connectivity index (χ0v) is 16.9. The molecule has 0 amide bonds. The highest BCUT2D eigenvalue weighted by molar-refractivity contribution is 6.05. The number of halogens is 3. The zero-order chi connectivity index (χ0) is 21.3. The van der Waals surface area contributed by atoms with Crippen molar-refractivity contribution in [3.63, 3.8) is 0 Å². The van der Waals surface area contributed by atoms with E-state index in [0.29, 0.717) is 19.8 Å². The number of rotatable bonds is 13. The highest BCUT2D eigenvalue weighted by Crippen LogP contribution is 2.37. The van der Waals surface area contributed by atoms with Crippen LogP contribution in [-0.4, -0.2) is 28.9 Å². The molecule has 1 aromatic carbocycles. The molecule has 1 N–H and O–H groups in total. The maximum absolute atomic E-state index is 13.3. The van der Waals surface area contributed by atoms with Gasteiger partial charge in [0.05, 0.1) is 17.7 Å². The molecular weight excluding hydrogens is 383 g/mol. The maximum Gasteiger partial charge on any atom is 0.417 e. The van der Waals surface area contributed by atoms with Crippen molar-refractivity contribution in [1.29, 1.82) is 0 Å². The van der Waals surface area contributed by atoms with Crippen molar-refractivity contribution in [2.24, 2.45) is 0 Å². The van der Waals surface area contributed by atoms with Gasteiger partial charge in [-0.05, 0) is 18.6 Å². The molecule has 0 radical (unpaired) electrons. The molecule has 0 saturated heterocycles. The average molecular weight is 413 g/mol. The molecule has 29 heavy (non-hydrogen) atoms. The molecule has 162 valence electrons. The van der Waals surface area contributed by atoms with Crippen molar-refractivity contribution < 1.29 is 27.8 Å². The third-order valence-corrected chi connectivity index (χ3v) is 5.06. The molecule has 0 atom stereocenters. The number of carboxylic acids is 1. The maximum atomic E-state index is 13.3. The molecule has 0 fully saturated rings. The summed E-state index contributed by atoms with van der Waals surface area (Å²) in [6.07, 6.45) is 6.28. The van der Waals surface area contributed by atoms with Crippen LogP contribution < -0.4 is 0 Å². The Hall–Kier alpha value is -2.02. The lowest BCUT2D eigenvalue weighted by Gasteiger charge is -2.10. The molecule has 0 unspecified atom stereocenters. The van der Waals surface area contributed by atoms with E-state index in [-0.39, 0.29) is 16.5 Å². The summed E-state index contributed by atoms with van der Waals surface area (Å²) in [6, 6.07) is 3.72. The highest BCUT2D eigenvalue weighted by Gasteiger charge is 2.35. The van der Waals surface area contributed by atoms with Gasteiger partial charge in [-0.15, -0.1) is 0 Å². The second-order valence-corrected chi connectivity index (χ2v) is 7.33. The molecule has 0 saturated carbocycles. The summed E-state index contributed by atoms with van der Waals surface area (Å²) in [5.74, 6) is -1.37. The van der Waals surface area contributed by atoms with Gasteiger partial charge in [0.15, 0.2) is 0 Å². The summed E-state index contributed by atoms with van der Waals surface area (Å²) < 4.78 is 47.0. The van der Waals surface area contributed by atoms with Gasteiger partial charge in [0.2, 0.25) is 0 Å². The second-order valence-electron chi connectivity index (χ2n) is 7.33. The van der Waals surface area contributed by atoms with Gasteiger partial charge in [-0.2, -0.15) is 13.2 Å². The lowest BCUT2D eigenvalue weighted by atomic mass is 10.1. The number of fused-ring (bicyclic) bond motifs is 1. The molecule has 7 heteroatoms. The number of carboxylic acid groups (broad SMARTS) is 1. The molecule has 0 bridgehead atoms. The first-order valence-electron chi connectivity index (χ1n) is 10.4. The third kappa shape index (κ3) is 6.77. The summed E-state index contributed by atoms with van der Waals surface area (Å²) in [7, 11) is 0. The van der Waals surface area contributed by atoms with Gasteiger partial charge in [-0.25, -0.2) is 4.79 Å². The Morgan fingerprint density at radius 3 is 2.31 bits per heavy atom. The van der Waals surface area contributed by atoms with Crippen LogP contribution in [0.4, 0.5) is 13.2 Å². The number of benzene rings is 1. The number of ether oxygens (including phenoxy) is 1. The minimum absolute atomic E-state index is 0.257. The summed E-state index contributed by atoms with van der Waals surface area (Å²) in [5.41, 5.74) is -1.00. The molecule has 0 aliphatic heterocycles. The van der Waals surface area contributed by atoms with Gasteiger partial charge in [-0.1, -0.05) is 57.9 Å². The van der Waals surface area contributed by atoms with E-state index in [1.807, 2.05) is 0 Å². The van der Waals surface area contributed by atoms with E-state index < -0.39 is 17.7 Å². The van der Waals surface area contributed by atoms with Gasteiger partial charge in [-0.3, -0.25) is 0 Å². The predicted molar refractivity (Wildman–Crippen MR) is 107 cm³/mol. The van der Waals surface area contributed by atoms with E-state index in [0.717, 1.165) is 18.9 Å². The van der Waals surface area contributed by atoms with Gasteiger partial charge in [0.25, 0.3) is 0 Å². The quantitative estimate of drug-likeness (QED) is 0.381. The summed E-state index contributed by atoms with van der Waals surface area (Å²) in [4.78, 5) is 11.5. The Bertz CT molecular complexity index is 783. The normalized spacial score (nSPS) is 12.0. The smallest absolute Gasteiger partial charge is 0.417 e. The van der Waals surface area contributed by atoms with E-state index >= 15 is 0 Å². The lowest BCUT2D eigenvalue weighted by Crippen LogP contribution is -2.08. The molecule has 4 nitrogen and oxygen atoms in total. The van der Waals surface area contributed by atoms with Crippen LogP contribution in [0.5, 0.6) is 0 Å². The number of aromatic nitrogens is 1. The fraction of sp³-hybridized carbons (Fsp3) is 0.591. The van der Waals surface area contributed by atoms with Crippen LogP contribution in [0.15, 0.2) is 24.4 Å². The van der Waals surface area contributed by atoms with Crippen LogP contribution in [0.3, 0.4) is 0 Å². The van der Waals surface area contributed by atoms with Crippen LogP contribution >= 0.6 is 0 Å². The molecule has 1 heterocycles. The summed E-state index contributed by atoms with van der Waals surface area (Å²) in [6.45, 7) is 3.44. The molecular formula is C22H30F3NO3. The van der Waals surface area contributed by atoms with Crippen molar-refractivity contribution in [1.82, 2.24) is 4.57 Å². The van der Waals surface area contributed by atoms with Crippen LogP contribution in [0.1, 0.15) is 74.2 Å². The van der Waals surface area contributed by atoms with E-state index in [4.69, 9.17) is 4.74 Å². The molecule has 0 aliphatic carbocycles. The molecule has 0 spiro atoms. The Morgan fingerprint density at radius 1 is 1.03 bits per heavy atom. The van der Waals surface area contributed by atoms with E-state index in [9.17, 15) is 23.1 Å². The number of hydrogen-bond acceptors (Lipinski definition) is 2. The van der Waals surface area contributed by atoms with E-state index in [1.54, 1.807) is 0 Å². The fourth-order valence-electron chi connectivity index (χ4n) is 3.54. The SMILES string of the molecule is CCCCCCCCCCOCCn1cc(C(=O)O)c2c(C(F)(F)F)cccc21. The first-order valence-corrected chi connectivity index (χ1v) is 10.4. The Balaban J connectivity index is 1.86. The molecule has 2 aromatic rings. The Morgan fingerprint density at radius 2 is 1.69 bits per heavy atom.